The first-order valence-corrected chi connectivity index (χ1v) is 12.1. The third-order valence-electron chi connectivity index (χ3n) is 6.06. The number of hydrogen-bond acceptors (Lipinski definition) is 6. The molecule has 168 valence electrons. The van der Waals surface area contributed by atoms with Crippen molar-refractivity contribution in [1.82, 2.24) is 15.0 Å². The van der Waals surface area contributed by atoms with Gasteiger partial charge in [-0.1, -0.05) is 55.4 Å². The number of allylic oxidation sites excluding steroid dienone is 2. The molecular weight excluding hydrogens is 456 g/mol. The summed E-state index contributed by atoms with van der Waals surface area (Å²) in [6.45, 7) is 4.17. The molecule has 1 atom stereocenters. The van der Waals surface area contributed by atoms with E-state index in [2.05, 4.69) is 29.1 Å². The number of aromatic amines is 1. The topological polar surface area (TPSA) is 87.7 Å². The van der Waals surface area contributed by atoms with E-state index in [0.717, 1.165) is 16.8 Å². The number of thioether (sulfide) groups is 1. The van der Waals surface area contributed by atoms with Crippen molar-refractivity contribution in [3.8, 4) is 0 Å². The smallest absolute Gasteiger partial charge is 0.257 e. The molecule has 1 aliphatic heterocycles. The number of aromatic nitrogens is 3. The molecule has 6 nitrogen and oxygen atoms in total. The summed E-state index contributed by atoms with van der Waals surface area (Å²) in [5.41, 5.74) is 3.40. The van der Waals surface area contributed by atoms with Crippen LogP contribution in [0, 0.1) is 5.41 Å². The Balaban J connectivity index is 1.58. The molecule has 33 heavy (non-hydrogen) atoms. The fourth-order valence-electron chi connectivity index (χ4n) is 4.61. The Hall–Kier alpha value is -2.90. The molecule has 2 aliphatic rings. The number of fused-ring (bicyclic) bond motifs is 1. The molecule has 0 amide bonds. The van der Waals surface area contributed by atoms with Gasteiger partial charge in [-0.05, 0) is 41.2 Å². The largest absolute Gasteiger partial charge is 0.343 e. The summed E-state index contributed by atoms with van der Waals surface area (Å²) in [5, 5.41) is 4.53. The Bertz CT molecular complexity index is 1330. The second kappa shape index (κ2) is 8.47. The minimum Gasteiger partial charge on any atom is -0.343 e. The van der Waals surface area contributed by atoms with Gasteiger partial charge in [-0.3, -0.25) is 14.6 Å². The van der Waals surface area contributed by atoms with Crippen LogP contribution in [0.1, 0.15) is 49.3 Å². The Labute approximate surface area is 200 Å². The molecule has 0 spiro atoms. The summed E-state index contributed by atoms with van der Waals surface area (Å²) < 4.78 is 0. The van der Waals surface area contributed by atoms with E-state index in [0.29, 0.717) is 45.7 Å². The number of halogens is 1. The SMILES string of the molecule is CC1(C)CC(=O)C2=C(C1)Nc1nc(SCc3ccccc3Cl)[nH]c(=O)c1[C@@H]2c1ccncc1. The molecule has 3 heterocycles. The number of Topliss-reactive ketones (excluding diaryl/α,β-unsaturated/α-hetero) is 1. The molecule has 8 heteroatoms. The second-order valence-corrected chi connectivity index (χ2v) is 10.6. The minimum absolute atomic E-state index is 0.0674. The lowest BCUT2D eigenvalue weighted by atomic mass is 9.69. The Morgan fingerprint density at radius 2 is 1.88 bits per heavy atom. The van der Waals surface area contributed by atoms with E-state index in [4.69, 9.17) is 16.6 Å². The van der Waals surface area contributed by atoms with Crippen molar-refractivity contribution in [2.45, 2.75) is 43.5 Å². The number of hydrogen-bond donors (Lipinski definition) is 2. The van der Waals surface area contributed by atoms with Gasteiger partial charge >= 0.3 is 0 Å². The van der Waals surface area contributed by atoms with Gasteiger partial charge in [0.05, 0.1) is 5.56 Å². The lowest BCUT2D eigenvalue weighted by molar-refractivity contribution is -0.118. The van der Waals surface area contributed by atoms with Gasteiger partial charge in [-0.2, -0.15) is 0 Å². The van der Waals surface area contributed by atoms with Gasteiger partial charge in [-0.15, -0.1) is 0 Å². The fourth-order valence-corrected chi connectivity index (χ4v) is 5.76. The lowest BCUT2D eigenvalue weighted by Crippen LogP contribution is -2.37. The number of nitrogens with one attached hydrogen (secondary N) is 2. The quantitative estimate of drug-likeness (QED) is 0.390. The second-order valence-electron chi connectivity index (χ2n) is 9.19. The van der Waals surface area contributed by atoms with Crippen LogP contribution in [-0.2, 0) is 10.5 Å². The number of carbonyl (C=O) groups excluding carboxylic acids is 1. The van der Waals surface area contributed by atoms with Crippen molar-refractivity contribution in [2.75, 3.05) is 5.32 Å². The van der Waals surface area contributed by atoms with Gasteiger partial charge < -0.3 is 10.3 Å². The van der Waals surface area contributed by atoms with E-state index >= 15 is 0 Å². The average molecular weight is 479 g/mol. The van der Waals surface area contributed by atoms with Crippen molar-refractivity contribution >= 4 is 35.0 Å². The van der Waals surface area contributed by atoms with E-state index in [1.807, 2.05) is 36.4 Å². The summed E-state index contributed by atoms with van der Waals surface area (Å²) in [5.74, 6) is 0.681. The van der Waals surface area contributed by atoms with Gasteiger partial charge in [0.15, 0.2) is 10.9 Å². The van der Waals surface area contributed by atoms with Crippen LogP contribution < -0.4 is 10.9 Å². The highest BCUT2D eigenvalue weighted by Gasteiger charge is 2.42. The van der Waals surface area contributed by atoms with Gasteiger partial charge in [-0.25, -0.2) is 4.98 Å². The van der Waals surface area contributed by atoms with Gasteiger partial charge in [0.25, 0.3) is 5.56 Å². The molecule has 0 saturated carbocycles. The number of benzene rings is 1. The Kier molecular flexibility index (Phi) is 5.62. The zero-order chi connectivity index (χ0) is 23.2. The lowest BCUT2D eigenvalue weighted by Gasteiger charge is -2.38. The standard InChI is InChI=1S/C25H23ClN4O2S/c1-25(2)11-17-20(18(31)12-25)19(14-7-9-27-10-8-14)21-22(28-17)29-24(30-23(21)32)33-13-15-5-3-4-6-16(15)26/h3-10,19H,11-13H2,1-2H3,(H2,28,29,30,32)/t19-/m1/s1. The van der Waals surface area contributed by atoms with Crippen LogP contribution >= 0.6 is 23.4 Å². The molecule has 1 aliphatic carbocycles. The minimum atomic E-state index is -0.471. The first-order valence-electron chi connectivity index (χ1n) is 10.8. The molecule has 1 aromatic carbocycles. The summed E-state index contributed by atoms with van der Waals surface area (Å²) in [7, 11) is 0. The van der Waals surface area contributed by atoms with Crippen molar-refractivity contribution in [3.63, 3.8) is 0 Å². The maximum absolute atomic E-state index is 13.3. The molecule has 0 saturated heterocycles. The van der Waals surface area contributed by atoms with Gasteiger partial charge in [0.2, 0.25) is 0 Å². The van der Waals surface area contributed by atoms with Gasteiger partial charge in [0.1, 0.15) is 5.82 Å². The summed E-state index contributed by atoms with van der Waals surface area (Å²) >= 11 is 7.70. The molecule has 0 fully saturated rings. The highest BCUT2D eigenvalue weighted by atomic mass is 35.5. The van der Waals surface area contributed by atoms with Crippen LogP contribution in [0.4, 0.5) is 5.82 Å². The van der Waals surface area contributed by atoms with E-state index in [-0.39, 0.29) is 16.8 Å². The van der Waals surface area contributed by atoms with Crippen molar-refractivity contribution < 1.29 is 4.79 Å². The molecule has 0 radical (unpaired) electrons. The number of anilines is 1. The molecule has 2 aromatic heterocycles. The molecule has 3 aromatic rings. The Morgan fingerprint density at radius 1 is 1.12 bits per heavy atom. The highest BCUT2D eigenvalue weighted by molar-refractivity contribution is 7.98. The molecule has 5 rings (SSSR count). The zero-order valence-corrected chi connectivity index (χ0v) is 19.9. The van der Waals surface area contributed by atoms with Crippen LogP contribution in [0.15, 0.2) is 70.0 Å². The van der Waals surface area contributed by atoms with Crippen molar-refractivity contribution in [1.29, 1.82) is 0 Å². The first kappa shape index (κ1) is 21.9. The molecular formula is C25H23ClN4O2S. The number of pyridine rings is 1. The van der Waals surface area contributed by atoms with E-state index in [9.17, 15) is 9.59 Å². The number of nitrogens with zero attached hydrogens (tertiary/aromatic N) is 2. The number of rotatable bonds is 4. The third kappa shape index (κ3) is 4.23. The third-order valence-corrected chi connectivity index (χ3v) is 7.35. The van der Waals surface area contributed by atoms with Crippen molar-refractivity contribution in [2.24, 2.45) is 5.41 Å². The van der Waals surface area contributed by atoms with E-state index < -0.39 is 5.92 Å². The van der Waals surface area contributed by atoms with Crippen LogP contribution in [0.5, 0.6) is 0 Å². The molecule has 0 bridgehead atoms. The number of carbonyl (C=O) groups is 1. The van der Waals surface area contributed by atoms with Crippen LogP contribution in [-0.4, -0.2) is 20.7 Å². The van der Waals surface area contributed by atoms with Gasteiger partial charge in [0, 0.05) is 46.8 Å². The first-order chi connectivity index (χ1) is 15.8. The monoisotopic (exact) mass is 478 g/mol. The number of ketones is 1. The summed E-state index contributed by atoms with van der Waals surface area (Å²) in [6.07, 6.45) is 4.53. The van der Waals surface area contributed by atoms with Crippen LogP contribution in [0.25, 0.3) is 0 Å². The number of H-pyrrole nitrogens is 1. The average Bonchev–Trinajstić information content (AvgIpc) is 2.77. The maximum Gasteiger partial charge on any atom is 0.257 e. The zero-order valence-electron chi connectivity index (χ0n) is 18.3. The fraction of sp³-hybridized carbons (Fsp3) is 0.280. The normalized spacial score (nSPS) is 19.0. The van der Waals surface area contributed by atoms with Crippen LogP contribution in [0.3, 0.4) is 0 Å². The van der Waals surface area contributed by atoms with Crippen LogP contribution in [0.2, 0.25) is 5.02 Å². The van der Waals surface area contributed by atoms with E-state index in [1.165, 1.54) is 11.8 Å². The summed E-state index contributed by atoms with van der Waals surface area (Å²) in [6, 6.07) is 11.3. The predicted molar refractivity (Wildman–Crippen MR) is 131 cm³/mol. The predicted octanol–water partition coefficient (Wildman–Crippen LogP) is 5.31. The highest BCUT2D eigenvalue weighted by Crippen LogP contribution is 2.47. The molecule has 0 unspecified atom stereocenters. The molecule has 2 N–H and O–H groups in total. The van der Waals surface area contributed by atoms with E-state index in [1.54, 1.807) is 12.4 Å². The van der Waals surface area contributed by atoms with Crippen molar-refractivity contribution in [3.05, 3.63) is 92.1 Å². The maximum atomic E-state index is 13.3. The Morgan fingerprint density at radius 3 is 2.64 bits per heavy atom. The summed E-state index contributed by atoms with van der Waals surface area (Å²) in [4.78, 5) is 38.3.